The molecule has 0 unspecified atom stereocenters. The summed E-state index contributed by atoms with van der Waals surface area (Å²) in [6.45, 7) is 7.41. The summed E-state index contributed by atoms with van der Waals surface area (Å²) < 4.78 is 5.24. The lowest BCUT2D eigenvalue weighted by molar-refractivity contribution is 0.414. The highest BCUT2D eigenvalue weighted by atomic mass is 16.5. The Balaban J connectivity index is 1.56. The summed E-state index contributed by atoms with van der Waals surface area (Å²) in [5, 5.41) is 3.61. The molecule has 1 N–H and O–H groups in total. The number of hydrogen-bond donors (Lipinski definition) is 1. The van der Waals surface area contributed by atoms with Crippen LogP contribution in [0.4, 0.5) is 5.95 Å². The fourth-order valence-corrected chi connectivity index (χ4v) is 3.39. The zero-order valence-corrected chi connectivity index (χ0v) is 16.1. The molecule has 0 radical (unpaired) electrons. The van der Waals surface area contributed by atoms with Crippen molar-refractivity contribution in [3.8, 4) is 5.75 Å². The zero-order valence-electron chi connectivity index (χ0n) is 16.1. The van der Waals surface area contributed by atoms with Crippen molar-refractivity contribution in [2.75, 3.05) is 25.1 Å². The van der Waals surface area contributed by atoms with E-state index in [0.29, 0.717) is 6.04 Å². The van der Waals surface area contributed by atoms with E-state index in [1.54, 1.807) is 7.11 Å². The highest BCUT2D eigenvalue weighted by Gasteiger charge is 2.17. The van der Waals surface area contributed by atoms with Crippen LogP contribution < -0.4 is 15.0 Å². The maximum Gasteiger partial charge on any atom is 0.225 e. The van der Waals surface area contributed by atoms with Crippen LogP contribution in [0.2, 0.25) is 0 Å². The lowest BCUT2D eigenvalue weighted by Gasteiger charge is -2.30. The molecular formula is C21H30N4O. The van der Waals surface area contributed by atoms with Gasteiger partial charge in [0, 0.05) is 43.6 Å². The molecule has 2 heterocycles. The average Bonchev–Trinajstić information content (AvgIpc) is 2.70. The van der Waals surface area contributed by atoms with Crippen LogP contribution in [-0.4, -0.2) is 30.2 Å². The number of methoxy groups -OCH3 is 1. The molecule has 1 fully saturated rings. The van der Waals surface area contributed by atoms with Gasteiger partial charge in [-0.25, -0.2) is 9.97 Å². The van der Waals surface area contributed by atoms with Gasteiger partial charge >= 0.3 is 0 Å². The van der Waals surface area contributed by atoms with Crippen LogP contribution >= 0.6 is 0 Å². The van der Waals surface area contributed by atoms with Crippen molar-refractivity contribution < 1.29 is 4.74 Å². The van der Waals surface area contributed by atoms with Crippen LogP contribution in [0.1, 0.15) is 50.3 Å². The summed E-state index contributed by atoms with van der Waals surface area (Å²) in [6, 6.07) is 8.58. The van der Waals surface area contributed by atoms with E-state index in [2.05, 4.69) is 46.2 Å². The van der Waals surface area contributed by atoms with E-state index in [-0.39, 0.29) is 0 Å². The molecule has 2 aromatic rings. The molecule has 26 heavy (non-hydrogen) atoms. The Morgan fingerprint density at radius 2 is 1.81 bits per heavy atom. The van der Waals surface area contributed by atoms with Gasteiger partial charge in [-0.15, -0.1) is 0 Å². The Kier molecular flexibility index (Phi) is 6.45. The number of piperidine rings is 1. The first-order valence-corrected chi connectivity index (χ1v) is 9.62. The van der Waals surface area contributed by atoms with Crippen molar-refractivity contribution in [3.63, 3.8) is 0 Å². The molecule has 1 aromatic carbocycles. The van der Waals surface area contributed by atoms with Gasteiger partial charge in [0.2, 0.25) is 5.95 Å². The van der Waals surface area contributed by atoms with Gasteiger partial charge in [-0.05, 0) is 42.9 Å². The fraction of sp³-hybridized carbons (Fsp3) is 0.524. The number of anilines is 1. The van der Waals surface area contributed by atoms with Gasteiger partial charge in [0.15, 0.2) is 0 Å². The fourth-order valence-electron chi connectivity index (χ4n) is 3.39. The SMILES string of the molecule is CC[C@H](NCc1cnc(N2CCC(C)CC2)nc1)c1ccc(OC)cc1. The maximum absolute atomic E-state index is 5.24. The Morgan fingerprint density at radius 3 is 2.38 bits per heavy atom. The number of rotatable bonds is 7. The van der Waals surface area contributed by atoms with Crippen LogP contribution in [0, 0.1) is 5.92 Å². The minimum Gasteiger partial charge on any atom is -0.497 e. The van der Waals surface area contributed by atoms with E-state index in [4.69, 9.17) is 4.74 Å². The largest absolute Gasteiger partial charge is 0.497 e. The zero-order chi connectivity index (χ0) is 18.4. The smallest absolute Gasteiger partial charge is 0.225 e. The van der Waals surface area contributed by atoms with Crippen molar-refractivity contribution in [1.29, 1.82) is 0 Å². The van der Waals surface area contributed by atoms with E-state index in [9.17, 15) is 0 Å². The van der Waals surface area contributed by atoms with Gasteiger partial charge in [0.05, 0.1) is 7.11 Å². The normalized spacial score (nSPS) is 16.5. The molecular weight excluding hydrogens is 324 g/mol. The van der Waals surface area contributed by atoms with Crippen molar-refractivity contribution >= 4 is 5.95 Å². The lowest BCUT2D eigenvalue weighted by atomic mass is 10.00. The van der Waals surface area contributed by atoms with Crippen LogP contribution in [0.25, 0.3) is 0 Å². The number of benzene rings is 1. The summed E-state index contributed by atoms with van der Waals surface area (Å²) in [5.41, 5.74) is 2.39. The second-order valence-electron chi connectivity index (χ2n) is 7.18. The summed E-state index contributed by atoms with van der Waals surface area (Å²) in [7, 11) is 1.69. The topological polar surface area (TPSA) is 50.3 Å². The molecule has 1 atom stereocenters. The van der Waals surface area contributed by atoms with Crippen LogP contribution in [-0.2, 0) is 6.54 Å². The van der Waals surface area contributed by atoms with Crippen molar-refractivity contribution in [2.24, 2.45) is 5.92 Å². The molecule has 1 aromatic heterocycles. The minimum atomic E-state index is 0.309. The molecule has 0 saturated carbocycles. The third kappa shape index (κ3) is 4.73. The van der Waals surface area contributed by atoms with Crippen molar-refractivity contribution in [1.82, 2.24) is 15.3 Å². The third-order valence-electron chi connectivity index (χ3n) is 5.24. The Hall–Kier alpha value is -2.14. The first-order valence-electron chi connectivity index (χ1n) is 9.62. The Bertz CT molecular complexity index is 663. The van der Waals surface area contributed by atoms with Gasteiger partial charge in [-0.2, -0.15) is 0 Å². The molecule has 1 aliphatic heterocycles. The maximum atomic E-state index is 5.24. The highest BCUT2D eigenvalue weighted by Crippen LogP contribution is 2.21. The van der Waals surface area contributed by atoms with E-state index in [0.717, 1.165) is 49.2 Å². The van der Waals surface area contributed by atoms with E-state index < -0.39 is 0 Å². The third-order valence-corrected chi connectivity index (χ3v) is 5.24. The number of hydrogen-bond acceptors (Lipinski definition) is 5. The predicted molar refractivity (Wildman–Crippen MR) is 106 cm³/mol. The molecule has 0 amide bonds. The molecule has 3 rings (SSSR count). The molecule has 5 heteroatoms. The molecule has 1 aliphatic rings. The monoisotopic (exact) mass is 354 g/mol. The van der Waals surface area contributed by atoms with Crippen LogP contribution in [0.15, 0.2) is 36.7 Å². The minimum absolute atomic E-state index is 0.309. The van der Waals surface area contributed by atoms with Crippen LogP contribution in [0.5, 0.6) is 5.75 Å². The second kappa shape index (κ2) is 8.99. The summed E-state index contributed by atoms with van der Waals surface area (Å²) >= 11 is 0. The van der Waals surface area contributed by atoms with E-state index in [1.165, 1.54) is 18.4 Å². The van der Waals surface area contributed by atoms with Crippen molar-refractivity contribution in [2.45, 2.75) is 45.7 Å². The number of aromatic nitrogens is 2. The summed E-state index contributed by atoms with van der Waals surface area (Å²) in [6.07, 6.45) is 7.39. The standard InChI is InChI=1S/C21H30N4O/c1-4-20(18-5-7-19(26-3)8-6-18)22-13-17-14-23-21(24-15-17)25-11-9-16(2)10-12-25/h5-8,14-16,20,22H,4,9-13H2,1-3H3/t20-/m0/s1. The number of nitrogens with zero attached hydrogens (tertiary/aromatic N) is 3. The Morgan fingerprint density at radius 1 is 1.15 bits per heavy atom. The number of nitrogens with one attached hydrogen (secondary N) is 1. The first-order chi connectivity index (χ1) is 12.7. The molecule has 1 saturated heterocycles. The van der Waals surface area contributed by atoms with E-state index in [1.807, 2.05) is 24.5 Å². The van der Waals surface area contributed by atoms with Crippen molar-refractivity contribution in [3.05, 3.63) is 47.8 Å². The van der Waals surface area contributed by atoms with Gasteiger partial charge in [-0.1, -0.05) is 26.0 Å². The lowest BCUT2D eigenvalue weighted by Crippen LogP contribution is -2.34. The van der Waals surface area contributed by atoms with Gasteiger partial charge in [0.1, 0.15) is 5.75 Å². The molecule has 0 bridgehead atoms. The average molecular weight is 354 g/mol. The molecule has 0 aliphatic carbocycles. The molecule has 0 spiro atoms. The van der Waals surface area contributed by atoms with Gasteiger partial charge < -0.3 is 15.0 Å². The van der Waals surface area contributed by atoms with Gasteiger partial charge in [0.25, 0.3) is 0 Å². The predicted octanol–water partition coefficient (Wildman–Crippen LogP) is 3.96. The highest BCUT2D eigenvalue weighted by molar-refractivity contribution is 5.31. The Labute approximate surface area is 156 Å². The first kappa shape index (κ1) is 18.6. The summed E-state index contributed by atoms with van der Waals surface area (Å²) in [5.74, 6) is 2.57. The van der Waals surface area contributed by atoms with E-state index >= 15 is 0 Å². The quantitative estimate of drug-likeness (QED) is 0.815. The molecule has 140 valence electrons. The number of ether oxygens (including phenoxy) is 1. The van der Waals surface area contributed by atoms with Crippen LogP contribution in [0.3, 0.4) is 0 Å². The summed E-state index contributed by atoms with van der Waals surface area (Å²) in [4.78, 5) is 11.5. The molecule has 5 nitrogen and oxygen atoms in total. The second-order valence-corrected chi connectivity index (χ2v) is 7.18. The van der Waals surface area contributed by atoms with Gasteiger partial charge in [-0.3, -0.25) is 0 Å².